The first-order valence-corrected chi connectivity index (χ1v) is 9.88. The molecule has 0 fully saturated rings. The van der Waals surface area contributed by atoms with Crippen molar-refractivity contribution < 1.29 is 21.6 Å². The summed E-state index contributed by atoms with van der Waals surface area (Å²) in [5.74, 6) is -0.987. The Labute approximate surface area is 165 Å². The molecule has 0 saturated heterocycles. The minimum absolute atomic E-state index is 0.0141. The third kappa shape index (κ3) is 5.12. The van der Waals surface area contributed by atoms with E-state index in [1.54, 1.807) is 12.1 Å². The number of rotatable bonds is 6. The van der Waals surface area contributed by atoms with Crippen LogP contribution in [0.25, 0.3) is 0 Å². The Morgan fingerprint density at radius 1 is 1.04 bits per heavy atom. The van der Waals surface area contributed by atoms with Gasteiger partial charge in [-0.2, -0.15) is 0 Å². The Kier molecular flexibility index (Phi) is 6.02. The summed E-state index contributed by atoms with van der Waals surface area (Å²) in [7, 11) is -3.71. The molecule has 28 heavy (non-hydrogen) atoms. The number of halogens is 2. The molecule has 0 saturated carbocycles. The van der Waals surface area contributed by atoms with Gasteiger partial charge in [0.25, 0.3) is 0 Å². The molecule has 2 aromatic carbocycles. The minimum Gasteiger partial charge on any atom is -0.468 e. The Balaban J connectivity index is 1.61. The van der Waals surface area contributed by atoms with Crippen LogP contribution in [-0.4, -0.2) is 13.5 Å². The summed E-state index contributed by atoms with van der Waals surface area (Å²) in [6, 6.07) is 12.2. The van der Waals surface area contributed by atoms with Crippen LogP contribution in [0.1, 0.15) is 5.76 Å². The quantitative estimate of drug-likeness (QED) is 0.523. The number of thiocarbonyl (C=S) groups is 1. The fourth-order valence-electron chi connectivity index (χ4n) is 2.26. The van der Waals surface area contributed by atoms with Crippen molar-refractivity contribution in [2.75, 3.05) is 10.6 Å². The van der Waals surface area contributed by atoms with Crippen LogP contribution in [0.3, 0.4) is 0 Å². The van der Waals surface area contributed by atoms with E-state index >= 15 is 0 Å². The topological polar surface area (TPSA) is 83.4 Å². The third-order valence-corrected chi connectivity index (χ3v) is 5.24. The standard InChI is InChI=1S/C18H15F2N3O3S2/c19-12-3-8-17(16(20)10-12)23-18(27)22-13-4-6-15(7-5-13)28(24,25)21-11-14-2-1-9-26-14/h1-10,21H,11H2,(H2,22,23,27). The highest BCUT2D eigenvalue weighted by atomic mass is 32.2. The molecule has 0 spiro atoms. The number of hydrogen-bond acceptors (Lipinski definition) is 4. The molecular weight excluding hydrogens is 408 g/mol. The van der Waals surface area contributed by atoms with Crippen molar-refractivity contribution in [3.05, 3.63) is 78.3 Å². The molecule has 0 unspecified atom stereocenters. The molecule has 6 nitrogen and oxygen atoms in total. The number of hydrogen-bond donors (Lipinski definition) is 3. The molecule has 1 heterocycles. The van der Waals surface area contributed by atoms with E-state index < -0.39 is 21.7 Å². The van der Waals surface area contributed by atoms with Gasteiger partial charge in [-0.3, -0.25) is 0 Å². The van der Waals surface area contributed by atoms with Crippen molar-refractivity contribution in [2.24, 2.45) is 0 Å². The SMILES string of the molecule is O=S(=O)(NCc1ccco1)c1ccc(NC(=S)Nc2ccc(F)cc2F)cc1. The van der Waals surface area contributed by atoms with Crippen molar-refractivity contribution in [2.45, 2.75) is 11.4 Å². The van der Waals surface area contributed by atoms with Crippen LogP contribution in [-0.2, 0) is 16.6 Å². The molecule has 0 aliphatic carbocycles. The number of anilines is 2. The van der Waals surface area contributed by atoms with Crippen LogP contribution < -0.4 is 15.4 Å². The van der Waals surface area contributed by atoms with E-state index in [1.165, 1.54) is 36.6 Å². The first kappa shape index (κ1) is 19.9. The molecule has 0 aliphatic heterocycles. The smallest absolute Gasteiger partial charge is 0.240 e. The summed E-state index contributed by atoms with van der Waals surface area (Å²) in [6.07, 6.45) is 1.46. The van der Waals surface area contributed by atoms with E-state index in [0.717, 1.165) is 12.1 Å². The summed E-state index contributed by atoms with van der Waals surface area (Å²) in [5, 5.41) is 5.47. The number of nitrogens with one attached hydrogen (secondary N) is 3. The average molecular weight is 423 g/mol. The van der Waals surface area contributed by atoms with Crippen LogP contribution in [0.5, 0.6) is 0 Å². The first-order chi connectivity index (χ1) is 13.3. The molecule has 3 rings (SSSR count). The lowest BCUT2D eigenvalue weighted by Crippen LogP contribution is -2.23. The molecule has 146 valence electrons. The van der Waals surface area contributed by atoms with E-state index in [2.05, 4.69) is 15.4 Å². The molecule has 10 heteroatoms. The van der Waals surface area contributed by atoms with Gasteiger partial charge in [0.15, 0.2) is 5.11 Å². The fraction of sp³-hybridized carbons (Fsp3) is 0.0556. The second kappa shape index (κ2) is 8.46. The van der Waals surface area contributed by atoms with Crippen molar-refractivity contribution >= 4 is 38.7 Å². The summed E-state index contributed by atoms with van der Waals surface area (Å²) in [5.41, 5.74) is 0.505. The van der Waals surface area contributed by atoms with Gasteiger partial charge in [0.05, 0.1) is 23.4 Å². The molecule has 0 amide bonds. The lowest BCUT2D eigenvalue weighted by atomic mass is 10.3. The van der Waals surface area contributed by atoms with E-state index in [9.17, 15) is 17.2 Å². The van der Waals surface area contributed by atoms with E-state index in [0.29, 0.717) is 11.4 Å². The van der Waals surface area contributed by atoms with Crippen LogP contribution in [0.15, 0.2) is 70.2 Å². The Morgan fingerprint density at radius 3 is 2.43 bits per heavy atom. The maximum atomic E-state index is 13.6. The predicted molar refractivity (Wildman–Crippen MR) is 105 cm³/mol. The normalized spacial score (nSPS) is 11.2. The second-order valence-electron chi connectivity index (χ2n) is 5.63. The largest absolute Gasteiger partial charge is 0.468 e. The number of furan rings is 1. The molecule has 0 atom stereocenters. The maximum absolute atomic E-state index is 13.6. The van der Waals surface area contributed by atoms with Gasteiger partial charge >= 0.3 is 0 Å². The Hall–Kier alpha value is -2.82. The molecule has 3 aromatic rings. The lowest BCUT2D eigenvalue weighted by Gasteiger charge is -2.12. The van der Waals surface area contributed by atoms with Gasteiger partial charge < -0.3 is 15.1 Å². The Morgan fingerprint density at radius 2 is 1.79 bits per heavy atom. The van der Waals surface area contributed by atoms with Crippen LogP contribution in [0.2, 0.25) is 0 Å². The summed E-state index contributed by atoms with van der Waals surface area (Å²) < 4.78 is 58.6. The minimum atomic E-state index is -3.71. The lowest BCUT2D eigenvalue weighted by molar-refractivity contribution is 0.498. The zero-order valence-corrected chi connectivity index (χ0v) is 15.9. The molecular formula is C18H15F2N3O3S2. The van der Waals surface area contributed by atoms with Gasteiger partial charge in [0.1, 0.15) is 17.4 Å². The molecule has 0 aliphatic rings. The summed E-state index contributed by atoms with van der Waals surface area (Å²) in [6.45, 7) is 0.0343. The van der Waals surface area contributed by atoms with Crippen molar-refractivity contribution in [1.82, 2.24) is 4.72 Å². The number of benzene rings is 2. The summed E-state index contributed by atoms with van der Waals surface area (Å²) in [4.78, 5) is 0.0630. The zero-order valence-electron chi connectivity index (χ0n) is 14.3. The molecule has 3 N–H and O–H groups in total. The average Bonchev–Trinajstić information content (AvgIpc) is 3.17. The first-order valence-electron chi connectivity index (χ1n) is 7.99. The highest BCUT2D eigenvalue weighted by Crippen LogP contribution is 2.17. The second-order valence-corrected chi connectivity index (χ2v) is 7.81. The molecule has 0 bridgehead atoms. The fourth-order valence-corrected chi connectivity index (χ4v) is 3.48. The van der Waals surface area contributed by atoms with Crippen molar-refractivity contribution in [3.63, 3.8) is 0 Å². The van der Waals surface area contributed by atoms with Gasteiger partial charge in [0.2, 0.25) is 10.0 Å². The van der Waals surface area contributed by atoms with Crippen molar-refractivity contribution in [3.8, 4) is 0 Å². The van der Waals surface area contributed by atoms with Crippen molar-refractivity contribution in [1.29, 1.82) is 0 Å². The molecule has 0 radical (unpaired) electrons. The highest BCUT2D eigenvalue weighted by Gasteiger charge is 2.14. The predicted octanol–water partition coefficient (Wildman–Crippen LogP) is 3.85. The summed E-state index contributed by atoms with van der Waals surface area (Å²) >= 11 is 5.08. The van der Waals surface area contributed by atoms with E-state index in [-0.39, 0.29) is 22.2 Å². The Bertz CT molecular complexity index is 1070. The molecule has 1 aromatic heterocycles. The third-order valence-electron chi connectivity index (χ3n) is 3.62. The van der Waals surface area contributed by atoms with Gasteiger partial charge in [-0.15, -0.1) is 0 Å². The van der Waals surface area contributed by atoms with Crippen LogP contribution in [0.4, 0.5) is 20.2 Å². The van der Waals surface area contributed by atoms with Crippen LogP contribution in [0, 0.1) is 11.6 Å². The van der Waals surface area contributed by atoms with Crippen LogP contribution >= 0.6 is 12.2 Å². The number of sulfonamides is 1. The van der Waals surface area contributed by atoms with Gasteiger partial charge in [-0.1, -0.05) is 0 Å². The maximum Gasteiger partial charge on any atom is 0.240 e. The van der Waals surface area contributed by atoms with E-state index in [1.807, 2.05) is 0 Å². The monoisotopic (exact) mass is 423 g/mol. The zero-order chi connectivity index (χ0) is 20.1. The van der Waals surface area contributed by atoms with Gasteiger partial charge in [0, 0.05) is 11.8 Å². The van der Waals surface area contributed by atoms with E-state index in [4.69, 9.17) is 16.6 Å². The van der Waals surface area contributed by atoms with Gasteiger partial charge in [-0.05, 0) is 60.7 Å². The highest BCUT2D eigenvalue weighted by molar-refractivity contribution is 7.89. The van der Waals surface area contributed by atoms with Gasteiger partial charge in [-0.25, -0.2) is 21.9 Å².